The lowest BCUT2D eigenvalue weighted by molar-refractivity contribution is 0.0491. The third kappa shape index (κ3) is 7.83. The molecule has 9 nitrogen and oxygen atoms in total. The summed E-state index contributed by atoms with van der Waals surface area (Å²) in [6, 6.07) is 2.37. The molecule has 0 radical (unpaired) electrons. The first-order valence-corrected chi connectivity index (χ1v) is 13.2. The van der Waals surface area contributed by atoms with Gasteiger partial charge in [0.1, 0.15) is 30.1 Å². The van der Waals surface area contributed by atoms with E-state index in [4.69, 9.17) is 4.74 Å². The molecule has 1 aromatic heterocycles. The number of aromatic nitrogens is 1. The van der Waals surface area contributed by atoms with Crippen molar-refractivity contribution >= 4 is 27.6 Å². The summed E-state index contributed by atoms with van der Waals surface area (Å²) in [5, 5.41) is 15.8. The molecule has 10 heteroatoms. The maximum absolute atomic E-state index is 13.0. The standard InChI is InChI=1S/C25H38N4O5S/c1-8-10-21(9-2)34-15-22(30)18(6)27-25(31)19-12-23(26-14-20-11-17(20)5)28-24(13-19)29(7)35(32,33)16(3)4/h8-10,12-13,16-18,20,22,30H,1-2,11,14-15H2,3-7H3,(H,26,28)(H,27,31)/b21-10+/t17-,18-,20+,22-/m0/s1. The Balaban J connectivity index is 2.20. The first-order valence-electron chi connectivity index (χ1n) is 11.7. The summed E-state index contributed by atoms with van der Waals surface area (Å²) in [6.07, 6.45) is 4.77. The highest BCUT2D eigenvalue weighted by molar-refractivity contribution is 7.93. The van der Waals surface area contributed by atoms with E-state index in [1.807, 2.05) is 0 Å². The molecular weight excluding hydrogens is 468 g/mol. The zero-order valence-corrected chi connectivity index (χ0v) is 22.0. The van der Waals surface area contributed by atoms with Crippen molar-refractivity contribution in [2.75, 3.05) is 29.8 Å². The molecule has 4 atom stereocenters. The quantitative estimate of drug-likeness (QED) is 0.262. The number of rotatable bonds is 14. The van der Waals surface area contributed by atoms with Gasteiger partial charge in [-0.25, -0.2) is 13.4 Å². The molecule has 1 aromatic rings. The number of hydrogen-bond acceptors (Lipinski definition) is 7. The van der Waals surface area contributed by atoms with Gasteiger partial charge < -0.3 is 20.5 Å². The predicted molar refractivity (Wildman–Crippen MR) is 140 cm³/mol. The molecule has 1 saturated carbocycles. The fraction of sp³-hybridized carbons (Fsp3) is 0.520. The molecule has 1 amide bonds. The van der Waals surface area contributed by atoms with E-state index >= 15 is 0 Å². The highest BCUT2D eigenvalue weighted by Crippen LogP contribution is 2.37. The van der Waals surface area contributed by atoms with Crippen LogP contribution in [0.4, 0.5) is 11.6 Å². The molecule has 0 saturated heterocycles. The van der Waals surface area contributed by atoms with Crippen LogP contribution in [-0.2, 0) is 14.8 Å². The van der Waals surface area contributed by atoms with Crippen LogP contribution < -0.4 is 14.9 Å². The topological polar surface area (TPSA) is 121 Å². The Morgan fingerprint density at radius 1 is 1.34 bits per heavy atom. The van der Waals surface area contributed by atoms with Crippen molar-refractivity contribution in [3.8, 4) is 0 Å². The number of aliphatic hydroxyl groups is 1. The lowest BCUT2D eigenvalue weighted by Gasteiger charge is -2.23. The number of nitrogens with zero attached hydrogens (tertiary/aromatic N) is 2. The predicted octanol–water partition coefficient (Wildman–Crippen LogP) is 3.08. The van der Waals surface area contributed by atoms with E-state index in [2.05, 4.69) is 35.7 Å². The van der Waals surface area contributed by atoms with E-state index < -0.39 is 33.3 Å². The molecule has 1 fully saturated rings. The number of aliphatic hydroxyl groups excluding tert-OH is 1. The van der Waals surface area contributed by atoms with Gasteiger partial charge in [-0.3, -0.25) is 9.10 Å². The average Bonchev–Trinajstić information content (AvgIpc) is 3.53. The molecule has 0 spiro atoms. The van der Waals surface area contributed by atoms with Gasteiger partial charge in [-0.15, -0.1) is 0 Å². The second-order valence-electron chi connectivity index (χ2n) is 9.16. The van der Waals surface area contributed by atoms with Gasteiger partial charge in [-0.05, 0) is 63.3 Å². The van der Waals surface area contributed by atoms with Gasteiger partial charge >= 0.3 is 0 Å². The molecule has 35 heavy (non-hydrogen) atoms. The van der Waals surface area contributed by atoms with Crippen molar-refractivity contribution < 1.29 is 23.1 Å². The van der Waals surface area contributed by atoms with Crippen molar-refractivity contribution in [3.63, 3.8) is 0 Å². The van der Waals surface area contributed by atoms with E-state index in [0.717, 1.165) is 10.7 Å². The van der Waals surface area contributed by atoms with Gasteiger partial charge in [-0.1, -0.05) is 26.2 Å². The minimum atomic E-state index is -3.64. The SMILES string of the molecule is C=C/C=C(\C=C)OC[C@H](O)[C@H](C)NC(=O)c1cc(NC[C@H]2C[C@@H]2C)nc(N(C)S(=O)(=O)C(C)C)c1. The summed E-state index contributed by atoms with van der Waals surface area (Å²) in [4.78, 5) is 17.5. The zero-order valence-electron chi connectivity index (χ0n) is 21.2. The maximum atomic E-state index is 13.0. The van der Waals surface area contributed by atoms with E-state index in [1.54, 1.807) is 39.0 Å². The van der Waals surface area contributed by atoms with Crippen molar-refractivity contribution in [2.45, 2.75) is 51.5 Å². The Hall–Kier alpha value is -2.85. The number of amides is 1. The highest BCUT2D eigenvalue weighted by atomic mass is 32.2. The number of pyridine rings is 1. The molecule has 0 aliphatic heterocycles. The van der Waals surface area contributed by atoms with Crippen LogP contribution in [0, 0.1) is 11.8 Å². The molecule has 0 unspecified atom stereocenters. The van der Waals surface area contributed by atoms with Gasteiger partial charge in [0.05, 0.1) is 11.3 Å². The molecule has 1 heterocycles. The van der Waals surface area contributed by atoms with Crippen LogP contribution in [0.1, 0.15) is 44.5 Å². The van der Waals surface area contributed by atoms with Crippen LogP contribution in [0.15, 0.2) is 49.3 Å². The molecule has 0 aromatic carbocycles. The molecule has 0 bridgehead atoms. The lowest BCUT2D eigenvalue weighted by atomic mass is 10.1. The number of hydrogen-bond donors (Lipinski definition) is 3. The maximum Gasteiger partial charge on any atom is 0.251 e. The summed E-state index contributed by atoms with van der Waals surface area (Å²) in [5.74, 6) is 1.69. The fourth-order valence-corrected chi connectivity index (χ4v) is 4.25. The third-order valence-corrected chi connectivity index (χ3v) is 8.18. The molecule has 1 aliphatic carbocycles. The van der Waals surface area contributed by atoms with Crippen LogP contribution in [0.5, 0.6) is 0 Å². The minimum Gasteiger partial charge on any atom is -0.491 e. The van der Waals surface area contributed by atoms with Gasteiger partial charge in [0.25, 0.3) is 5.91 Å². The lowest BCUT2D eigenvalue weighted by Crippen LogP contribution is -2.43. The highest BCUT2D eigenvalue weighted by Gasteiger charge is 2.32. The van der Waals surface area contributed by atoms with Gasteiger partial charge in [0.15, 0.2) is 0 Å². The van der Waals surface area contributed by atoms with Crippen molar-refractivity contribution in [1.82, 2.24) is 10.3 Å². The van der Waals surface area contributed by atoms with E-state index in [-0.39, 0.29) is 18.0 Å². The molecule has 3 N–H and O–H groups in total. The Morgan fingerprint density at radius 2 is 2.00 bits per heavy atom. The van der Waals surface area contributed by atoms with Crippen LogP contribution in [0.2, 0.25) is 0 Å². The average molecular weight is 507 g/mol. The van der Waals surface area contributed by atoms with E-state index in [9.17, 15) is 18.3 Å². The number of nitrogens with one attached hydrogen (secondary N) is 2. The summed E-state index contributed by atoms with van der Waals surface area (Å²) in [7, 11) is -2.22. The molecule has 194 valence electrons. The Kier molecular flexibility index (Phi) is 9.91. The number of anilines is 2. The van der Waals surface area contributed by atoms with E-state index in [1.165, 1.54) is 19.2 Å². The number of carbonyl (C=O) groups is 1. The number of sulfonamides is 1. The van der Waals surface area contributed by atoms with Gasteiger partial charge in [0.2, 0.25) is 10.0 Å². The Bertz CT molecular complexity index is 1050. The number of ether oxygens (including phenoxy) is 1. The fourth-order valence-electron chi connectivity index (χ4n) is 3.27. The third-order valence-electron chi connectivity index (χ3n) is 6.04. The molecular formula is C25H38N4O5S. The van der Waals surface area contributed by atoms with Crippen LogP contribution in [0.25, 0.3) is 0 Å². The smallest absolute Gasteiger partial charge is 0.251 e. The van der Waals surface area contributed by atoms with Crippen LogP contribution in [0.3, 0.4) is 0 Å². The van der Waals surface area contributed by atoms with Crippen molar-refractivity contribution in [2.24, 2.45) is 11.8 Å². The normalized spacial score (nSPS) is 19.5. The number of carbonyl (C=O) groups excluding carboxylic acids is 1. The summed E-state index contributed by atoms with van der Waals surface area (Å²) < 4.78 is 32.0. The minimum absolute atomic E-state index is 0.0590. The Morgan fingerprint density at radius 3 is 2.54 bits per heavy atom. The van der Waals surface area contributed by atoms with Crippen molar-refractivity contribution in [3.05, 3.63) is 54.8 Å². The van der Waals surface area contributed by atoms with E-state index in [0.29, 0.717) is 30.0 Å². The summed E-state index contributed by atoms with van der Waals surface area (Å²) in [6.45, 7) is 14.8. The largest absolute Gasteiger partial charge is 0.491 e. The second-order valence-corrected chi connectivity index (χ2v) is 11.7. The molecule has 1 aliphatic rings. The van der Waals surface area contributed by atoms with Crippen LogP contribution >= 0.6 is 0 Å². The van der Waals surface area contributed by atoms with Crippen molar-refractivity contribution in [1.29, 1.82) is 0 Å². The summed E-state index contributed by atoms with van der Waals surface area (Å²) >= 11 is 0. The van der Waals surface area contributed by atoms with Crippen LogP contribution in [-0.4, -0.2) is 62.0 Å². The monoisotopic (exact) mass is 506 g/mol. The first-order chi connectivity index (χ1) is 16.4. The molecule has 2 rings (SSSR count). The summed E-state index contributed by atoms with van der Waals surface area (Å²) in [5.41, 5.74) is 0.227. The van der Waals surface area contributed by atoms with Gasteiger partial charge in [-0.2, -0.15) is 0 Å². The number of allylic oxidation sites excluding steroid dienone is 3. The Labute approximate surface area is 209 Å². The van der Waals surface area contributed by atoms with Gasteiger partial charge in [0, 0.05) is 19.2 Å². The zero-order chi connectivity index (χ0) is 26.3. The second kappa shape index (κ2) is 12.2. The first kappa shape index (κ1) is 28.4.